The van der Waals surface area contributed by atoms with Gasteiger partial charge < -0.3 is 11.1 Å². The quantitative estimate of drug-likeness (QED) is 0.519. The van der Waals surface area contributed by atoms with Crippen molar-refractivity contribution in [3.05, 3.63) is 0 Å². The molecule has 3 heteroatoms. The molecule has 0 saturated heterocycles. The molecule has 2 nitrogen and oxygen atoms in total. The van der Waals surface area contributed by atoms with Crippen molar-refractivity contribution in [3.63, 3.8) is 0 Å². The Morgan fingerprint density at radius 2 is 2.08 bits per heavy atom. The van der Waals surface area contributed by atoms with Crippen molar-refractivity contribution < 1.29 is 0 Å². The topological polar surface area (TPSA) is 38.0 Å². The molecular formula is C9H18N2S. The van der Waals surface area contributed by atoms with Crippen LogP contribution in [0.4, 0.5) is 0 Å². The maximum atomic E-state index is 5.31. The summed E-state index contributed by atoms with van der Waals surface area (Å²) < 4.78 is 0. The zero-order valence-corrected chi connectivity index (χ0v) is 8.33. The van der Waals surface area contributed by atoms with Crippen LogP contribution in [-0.4, -0.2) is 11.7 Å². The van der Waals surface area contributed by atoms with E-state index in [1.54, 1.807) is 0 Å². The van der Waals surface area contributed by atoms with E-state index in [1.807, 2.05) is 0 Å². The predicted octanol–water partition coefficient (Wildman–Crippen LogP) is 1.79. The summed E-state index contributed by atoms with van der Waals surface area (Å²) in [7, 11) is 0. The summed E-state index contributed by atoms with van der Waals surface area (Å²) in [5.74, 6) is 0.984. The number of hydrogen-bond donors (Lipinski definition) is 2. The van der Waals surface area contributed by atoms with Crippen LogP contribution in [0.1, 0.15) is 38.5 Å². The van der Waals surface area contributed by atoms with Crippen molar-refractivity contribution in [2.75, 3.05) is 6.54 Å². The SMILES string of the molecule is NC(=S)NCCCC1CCCC1. The van der Waals surface area contributed by atoms with Gasteiger partial charge in [-0.3, -0.25) is 0 Å². The predicted molar refractivity (Wildman–Crippen MR) is 56.0 cm³/mol. The molecule has 0 atom stereocenters. The van der Waals surface area contributed by atoms with Crippen LogP contribution >= 0.6 is 12.2 Å². The molecule has 0 bridgehead atoms. The highest BCUT2D eigenvalue weighted by Gasteiger charge is 2.13. The van der Waals surface area contributed by atoms with Gasteiger partial charge in [-0.2, -0.15) is 0 Å². The molecule has 1 aliphatic carbocycles. The lowest BCUT2D eigenvalue weighted by Crippen LogP contribution is -2.29. The highest BCUT2D eigenvalue weighted by Crippen LogP contribution is 2.28. The summed E-state index contributed by atoms with van der Waals surface area (Å²) in [5, 5.41) is 3.41. The van der Waals surface area contributed by atoms with Gasteiger partial charge in [0, 0.05) is 6.54 Å². The second kappa shape index (κ2) is 5.36. The van der Waals surface area contributed by atoms with Crippen LogP contribution in [0, 0.1) is 5.92 Å². The molecule has 1 saturated carbocycles. The fourth-order valence-corrected chi connectivity index (χ4v) is 2.00. The Kier molecular flexibility index (Phi) is 4.36. The van der Waals surface area contributed by atoms with Gasteiger partial charge in [-0.25, -0.2) is 0 Å². The Hall–Kier alpha value is -0.310. The number of rotatable bonds is 4. The number of nitrogens with two attached hydrogens (primary N) is 1. The fourth-order valence-electron chi connectivity index (χ4n) is 1.90. The maximum Gasteiger partial charge on any atom is 0.163 e. The monoisotopic (exact) mass is 186 g/mol. The lowest BCUT2D eigenvalue weighted by Gasteiger charge is -2.08. The highest BCUT2D eigenvalue weighted by molar-refractivity contribution is 7.80. The molecule has 0 spiro atoms. The molecule has 0 unspecified atom stereocenters. The van der Waals surface area contributed by atoms with Gasteiger partial charge in [0.05, 0.1) is 0 Å². The third kappa shape index (κ3) is 3.90. The average molecular weight is 186 g/mol. The molecule has 3 N–H and O–H groups in total. The van der Waals surface area contributed by atoms with Gasteiger partial charge >= 0.3 is 0 Å². The van der Waals surface area contributed by atoms with Gasteiger partial charge in [-0.1, -0.05) is 25.7 Å². The van der Waals surface area contributed by atoms with Crippen LogP contribution in [-0.2, 0) is 0 Å². The third-order valence-electron chi connectivity index (χ3n) is 2.56. The van der Waals surface area contributed by atoms with E-state index in [0.29, 0.717) is 5.11 Å². The van der Waals surface area contributed by atoms with E-state index < -0.39 is 0 Å². The molecule has 0 amide bonds. The molecule has 1 fully saturated rings. The molecule has 0 aromatic carbocycles. The van der Waals surface area contributed by atoms with Crippen LogP contribution in [0.15, 0.2) is 0 Å². The van der Waals surface area contributed by atoms with E-state index in [1.165, 1.54) is 38.5 Å². The number of hydrogen-bond acceptors (Lipinski definition) is 1. The van der Waals surface area contributed by atoms with Crippen LogP contribution in [0.5, 0.6) is 0 Å². The highest BCUT2D eigenvalue weighted by atomic mass is 32.1. The van der Waals surface area contributed by atoms with Gasteiger partial charge in [-0.15, -0.1) is 0 Å². The maximum absolute atomic E-state index is 5.31. The van der Waals surface area contributed by atoms with Crippen LogP contribution < -0.4 is 11.1 Å². The van der Waals surface area contributed by atoms with Crippen molar-refractivity contribution in [1.29, 1.82) is 0 Å². The standard InChI is InChI=1S/C9H18N2S/c10-9(12)11-7-3-6-8-4-1-2-5-8/h8H,1-7H2,(H3,10,11,12). The van der Waals surface area contributed by atoms with Crippen molar-refractivity contribution in [2.24, 2.45) is 11.7 Å². The number of thiocarbonyl (C=S) groups is 1. The van der Waals surface area contributed by atoms with E-state index in [4.69, 9.17) is 18.0 Å². The van der Waals surface area contributed by atoms with E-state index in [-0.39, 0.29) is 0 Å². The molecule has 1 aliphatic rings. The minimum Gasteiger partial charge on any atom is -0.376 e. The third-order valence-corrected chi connectivity index (χ3v) is 2.71. The molecule has 0 radical (unpaired) electrons. The van der Waals surface area contributed by atoms with Gasteiger partial charge in [0.2, 0.25) is 0 Å². The van der Waals surface area contributed by atoms with E-state index >= 15 is 0 Å². The molecule has 0 aromatic heterocycles. The summed E-state index contributed by atoms with van der Waals surface area (Å²) in [6, 6.07) is 0. The second-order valence-corrected chi connectivity index (χ2v) is 4.02. The molecule has 70 valence electrons. The number of nitrogens with one attached hydrogen (secondary N) is 1. The summed E-state index contributed by atoms with van der Waals surface area (Å²) in [4.78, 5) is 0. The first-order valence-electron chi connectivity index (χ1n) is 4.82. The molecule has 1 rings (SSSR count). The Morgan fingerprint density at radius 3 is 2.67 bits per heavy atom. The largest absolute Gasteiger partial charge is 0.376 e. The first-order valence-corrected chi connectivity index (χ1v) is 5.23. The van der Waals surface area contributed by atoms with Gasteiger partial charge in [-0.05, 0) is 31.0 Å². The smallest absolute Gasteiger partial charge is 0.163 e. The molecule has 0 aromatic rings. The Morgan fingerprint density at radius 1 is 1.42 bits per heavy atom. The van der Waals surface area contributed by atoms with Gasteiger partial charge in [0.1, 0.15) is 0 Å². The second-order valence-electron chi connectivity index (χ2n) is 3.58. The normalized spacial score (nSPS) is 18.0. The summed E-state index contributed by atoms with van der Waals surface area (Å²) in [6.45, 7) is 0.950. The lowest BCUT2D eigenvalue weighted by atomic mass is 10.0. The van der Waals surface area contributed by atoms with Crippen LogP contribution in [0.2, 0.25) is 0 Å². The molecule has 0 aliphatic heterocycles. The molecule has 12 heavy (non-hydrogen) atoms. The van der Waals surface area contributed by atoms with E-state index in [2.05, 4.69) is 5.32 Å². The molecule has 0 heterocycles. The lowest BCUT2D eigenvalue weighted by molar-refractivity contribution is 0.482. The Bertz CT molecular complexity index is 141. The van der Waals surface area contributed by atoms with Crippen LogP contribution in [0.3, 0.4) is 0 Å². The van der Waals surface area contributed by atoms with Crippen molar-refractivity contribution >= 4 is 17.3 Å². The Labute approximate surface area is 79.9 Å². The summed E-state index contributed by atoms with van der Waals surface area (Å²) in [5.41, 5.74) is 5.31. The molecular weight excluding hydrogens is 168 g/mol. The van der Waals surface area contributed by atoms with Crippen LogP contribution in [0.25, 0.3) is 0 Å². The fraction of sp³-hybridized carbons (Fsp3) is 0.889. The van der Waals surface area contributed by atoms with Gasteiger partial charge in [0.15, 0.2) is 5.11 Å². The zero-order chi connectivity index (χ0) is 8.81. The first-order chi connectivity index (χ1) is 5.79. The minimum absolute atomic E-state index is 0.432. The van der Waals surface area contributed by atoms with Crippen molar-refractivity contribution in [1.82, 2.24) is 5.32 Å². The summed E-state index contributed by atoms with van der Waals surface area (Å²) in [6.07, 6.45) is 8.30. The zero-order valence-electron chi connectivity index (χ0n) is 7.51. The van der Waals surface area contributed by atoms with Crippen molar-refractivity contribution in [3.8, 4) is 0 Å². The van der Waals surface area contributed by atoms with E-state index in [0.717, 1.165) is 12.5 Å². The average Bonchev–Trinajstić information content (AvgIpc) is 2.49. The summed E-state index contributed by atoms with van der Waals surface area (Å²) >= 11 is 4.71. The first kappa shape index (κ1) is 9.78. The van der Waals surface area contributed by atoms with Crippen molar-refractivity contribution in [2.45, 2.75) is 38.5 Å². The minimum atomic E-state index is 0.432. The Balaban J connectivity index is 1.91. The van der Waals surface area contributed by atoms with E-state index in [9.17, 15) is 0 Å². The van der Waals surface area contributed by atoms with Gasteiger partial charge in [0.25, 0.3) is 0 Å².